The molecule has 5 nitrogen and oxygen atoms in total. The maximum atomic E-state index is 12.5. The monoisotopic (exact) mass is 342 g/mol. The highest BCUT2D eigenvalue weighted by molar-refractivity contribution is 7.89. The number of anilines is 1. The van der Waals surface area contributed by atoms with Gasteiger partial charge in [0.25, 0.3) is 0 Å². The van der Waals surface area contributed by atoms with E-state index in [0.717, 1.165) is 19.3 Å². The first-order valence-electron chi connectivity index (χ1n) is 7.44. The normalized spacial score (nSPS) is 27.1. The van der Waals surface area contributed by atoms with Crippen LogP contribution in [0.4, 0.5) is 5.69 Å². The molecule has 2 saturated carbocycles. The molecule has 0 aliphatic heterocycles. The van der Waals surface area contributed by atoms with Crippen LogP contribution in [0.1, 0.15) is 32.6 Å². The lowest BCUT2D eigenvalue weighted by molar-refractivity contribution is -0.114. The Morgan fingerprint density at radius 2 is 2.05 bits per heavy atom. The maximum absolute atomic E-state index is 12.5. The van der Waals surface area contributed by atoms with E-state index in [1.165, 1.54) is 31.5 Å². The second-order valence-electron chi connectivity index (χ2n) is 6.23. The molecule has 3 rings (SSSR count). The Hall–Kier alpha value is -1.11. The van der Waals surface area contributed by atoms with Gasteiger partial charge in [0.2, 0.25) is 15.9 Å². The molecule has 1 amide bonds. The Morgan fingerprint density at radius 1 is 1.27 bits per heavy atom. The van der Waals surface area contributed by atoms with Gasteiger partial charge in [0, 0.05) is 13.0 Å². The molecule has 120 valence electrons. The van der Waals surface area contributed by atoms with Crippen LogP contribution in [-0.4, -0.2) is 20.4 Å². The highest BCUT2D eigenvalue weighted by Gasteiger charge is 2.41. The lowest BCUT2D eigenvalue weighted by Crippen LogP contribution is -2.38. The molecule has 0 heterocycles. The Kier molecular flexibility index (Phi) is 4.18. The summed E-state index contributed by atoms with van der Waals surface area (Å²) in [7, 11) is -3.58. The predicted octanol–water partition coefficient (Wildman–Crippen LogP) is 2.77. The zero-order valence-corrected chi connectivity index (χ0v) is 13.9. The smallest absolute Gasteiger partial charge is 0.240 e. The summed E-state index contributed by atoms with van der Waals surface area (Å²) < 4.78 is 27.8. The topological polar surface area (TPSA) is 75.3 Å². The van der Waals surface area contributed by atoms with E-state index in [4.69, 9.17) is 11.6 Å². The van der Waals surface area contributed by atoms with Crippen LogP contribution in [0.5, 0.6) is 0 Å². The molecule has 0 aromatic heterocycles. The summed E-state index contributed by atoms with van der Waals surface area (Å²) in [5.41, 5.74) is 0.410. The Labute approximate surface area is 135 Å². The molecule has 2 fully saturated rings. The summed E-state index contributed by atoms with van der Waals surface area (Å²) >= 11 is 6.05. The van der Waals surface area contributed by atoms with E-state index in [1.807, 2.05) is 0 Å². The van der Waals surface area contributed by atoms with Crippen molar-refractivity contribution in [1.29, 1.82) is 0 Å². The van der Waals surface area contributed by atoms with Crippen LogP contribution in [0, 0.1) is 11.8 Å². The SMILES string of the molecule is CC(=O)Nc1ccc(S(=O)(=O)NC2CC3CCC2C3)cc1Cl. The lowest BCUT2D eigenvalue weighted by atomic mass is 9.96. The van der Waals surface area contributed by atoms with Crippen LogP contribution in [-0.2, 0) is 14.8 Å². The molecular weight excluding hydrogens is 324 g/mol. The van der Waals surface area contributed by atoms with E-state index in [-0.39, 0.29) is 21.9 Å². The third-order valence-corrected chi connectivity index (χ3v) is 6.41. The van der Waals surface area contributed by atoms with Gasteiger partial charge in [-0.05, 0) is 49.3 Å². The lowest BCUT2D eigenvalue weighted by Gasteiger charge is -2.22. The molecule has 22 heavy (non-hydrogen) atoms. The number of hydrogen-bond acceptors (Lipinski definition) is 3. The number of benzene rings is 1. The van der Waals surface area contributed by atoms with Crippen LogP contribution >= 0.6 is 11.6 Å². The molecule has 2 N–H and O–H groups in total. The van der Waals surface area contributed by atoms with Crippen LogP contribution in [0.25, 0.3) is 0 Å². The van der Waals surface area contributed by atoms with Gasteiger partial charge in [-0.3, -0.25) is 4.79 Å². The van der Waals surface area contributed by atoms with Crippen molar-refractivity contribution in [3.63, 3.8) is 0 Å². The number of amides is 1. The average molecular weight is 343 g/mol. The van der Waals surface area contributed by atoms with Crippen molar-refractivity contribution in [2.45, 2.75) is 43.5 Å². The van der Waals surface area contributed by atoms with Gasteiger partial charge in [-0.2, -0.15) is 0 Å². The number of hydrogen-bond donors (Lipinski definition) is 2. The molecule has 0 radical (unpaired) electrons. The molecule has 2 aliphatic rings. The zero-order valence-electron chi connectivity index (χ0n) is 12.3. The number of nitrogens with one attached hydrogen (secondary N) is 2. The largest absolute Gasteiger partial charge is 0.325 e. The maximum Gasteiger partial charge on any atom is 0.240 e. The van der Waals surface area contributed by atoms with Crippen LogP contribution in [0.3, 0.4) is 0 Å². The zero-order chi connectivity index (χ0) is 15.9. The minimum absolute atomic E-state index is 0.0394. The quantitative estimate of drug-likeness (QED) is 0.883. The highest BCUT2D eigenvalue weighted by atomic mass is 35.5. The Morgan fingerprint density at radius 3 is 2.59 bits per heavy atom. The first-order valence-corrected chi connectivity index (χ1v) is 9.31. The Bertz CT molecular complexity index is 705. The van der Waals surface area contributed by atoms with Gasteiger partial charge in [-0.15, -0.1) is 0 Å². The van der Waals surface area contributed by atoms with Crippen molar-refractivity contribution in [3.05, 3.63) is 23.2 Å². The number of carbonyl (C=O) groups is 1. The highest BCUT2D eigenvalue weighted by Crippen LogP contribution is 2.44. The van der Waals surface area contributed by atoms with Gasteiger partial charge in [-0.25, -0.2) is 13.1 Å². The molecule has 3 atom stereocenters. The third kappa shape index (κ3) is 3.14. The van der Waals surface area contributed by atoms with E-state index in [9.17, 15) is 13.2 Å². The van der Waals surface area contributed by atoms with Crippen LogP contribution in [0.2, 0.25) is 5.02 Å². The second-order valence-corrected chi connectivity index (χ2v) is 8.35. The third-order valence-electron chi connectivity index (χ3n) is 4.61. The standard InChI is InChI=1S/C15H19ClN2O3S/c1-9(19)17-14-5-4-12(8-13(14)16)22(20,21)18-15-7-10-2-3-11(15)6-10/h4-5,8,10-11,15,18H,2-3,6-7H2,1H3,(H,17,19). The van der Waals surface area contributed by atoms with Gasteiger partial charge >= 0.3 is 0 Å². The molecule has 2 aliphatic carbocycles. The summed E-state index contributed by atoms with van der Waals surface area (Å²) in [6.45, 7) is 1.37. The number of fused-ring (bicyclic) bond motifs is 2. The predicted molar refractivity (Wildman–Crippen MR) is 85.3 cm³/mol. The molecule has 7 heteroatoms. The first kappa shape index (κ1) is 15.8. The van der Waals surface area contributed by atoms with E-state index in [0.29, 0.717) is 17.5 Å². The van der Waals surface area contributed by atoms with Crippen LogP contribution in [0.15, 0.2) is 23.1 Å². The molecule has 1 aromatic carbocycles. The van der Waals surface area contributed by atoms with Gasteiger partial charge in [-0.1, -0.05) is 18.0 Å². The van der Waals surface area contributed by atoms with Crippen LogP contribution < -0.4 is 10.0 Å². The van der Waals surface area contributed by atoms with Crippen molar-refractivity contribution in [1.82, 2.24) is 4.72 Å². The van der Waals surface area contributed by atoms with Crippen molar-refractivity contribution in [3.8, 4) is 0 Å². The van der Waals surface area contributed by atoms with Crippen molar-refractivity contribution < 1.29 is 13.2 Å². The van der Waals surface area contributed by atoms with Crippen molar-refractivity contribution in [2.75, 3.05) is 5.32 Å². The van der Waals surface area contributed by atoms with Crippen molar-refractivity contribution >= 4 is 33.2 Å². The minimum atomic E-state index is -3.58. The minimum Gasteiger partial charge on any atom is -0.325 e. The Balaban J connectivity index is 1.77. The average Bonchev–Trinajstić information content (AvgIpc) is 3.02. The van der Waals surface area contributed by atoms with Gasteiger partial charge in [0.15, 0.2) is 0 Å². The number of sulfonamides is 1. The van der Waals surface area contributed by atoms with E-state index >= 15 is 0 Å². The first-order chi connectivity index (χ1) is 10.3. The molecule has 3 unspecified atom stereocenters. The molecule has 2 bridgehead atoms. The summed E-state index contributed by atoms with van der Waals surface area (Å²) in [6, 6.07) is 4.39. The summed E-state index contributed by atoms with van der Waals surface area (Å²) in [4.78, 5) is 11.2. The van der Waals surface area contributed by atoms with E-state index in [1.54, 1.807) is 0 Å². The molecule has 0 spiro atoms. The molecule has 0 saturated heterocycles. The fourth-order valence-electron chi connectivity index (χ4n) is 3.61. The van der Waals surface area contributed by atoms with Gasteiger partial charge in [0.1, 0.15) is 0 Å². The fraction of sp³-hybridized carbons (Fsp3) is 0.533. The van der Waals surface area contributed by atoms with Crippen molar-refractivity contribution in [2.24, 2.45) is 11.8 Å². The number of carbonyl (C=O) groups excluding carboxylic acids is 1. The summed E-state index contributed by atoms with van der Waals surface area (Å²) in [5.74, 6) is 0.884. The number of halogens is 1. The fourth-order valence-corrected chi connectivity index (χ4v) is 5.25. The van der Waals surface area contributed by atoms with Gasteiger partial charge < -0.3 is 5.32 Å². The molecular formula is C15H19ClN2O3S. The summed E-state index contributed by atoms with van der Waals surface area (Å²) in [5, 5.41) is 2.77. The second kappa shape index (κ2) is 5.83. The van der Waals surface area contributed by atoms with E-state index in [2.05, 4.69) is 10.0 Å². The van der Waals surface area contributed by atoms with Gasteiger partial charge in [0.05, 0.1) is 15.6 Å². The summed E-state index contributed by atoms with van der Waals surface area (Å²) in [6.07, 6.45) is 4.40. The number of rotatable bonds is 4. The van der Waals surface area contributed by atoms with E-state index < -0.39 is 10.0 Å². The molecule has 1 aromatic rings.